The van der Waals surface area contributed by atoms with E-state index >= 15 is 0 Å². The fraction of sp³-hybridized carbons (Fsp3) is 0.818. The van der Waals surface area contributed by atoms with Gasteiger partial charge >= 0.3 is 5.97 Å². The van der Waals surface area contributed by atoms with Crippen molar-refractivity contribution in [2.75, 3.05) is 6.61 Å². The Morgan fingerprint density at radius 2 is 2.14 bits per heavy atom. The predicted octanol–water partition coefficient (Wildman–Crippen LogP) is 2.52. The van der Waals surface area contributed by atoms with E-state index < -0.39 is 0 Å². The van der Waals surface area contributed by atoms with E-state index in [-0.39, 0.29) is 17.3 Å². The number of ether oxygens (including phenoxy) is 1. The monoisotopic (exact) mass is 197 g/mol. The first-order valence-corrected chi connectivity index (χ1v) is 4.96. The van der Waals surface area contributed by atoms with Crippen molar-refractivity contribution < 1.29 is 9.53 Å². The third-order valence-electron chi connectivity index (χ3n) is 2.65. The van der Waals surface area contributed by atoms with Crippen molar-refractivity contribution in [3.8, 4) is 6.07 Å². The summed E-state index contributed by atoms with van der Waals surface area (Å²) in [6, 6.07) is 2.14. The van der Waals surface area contributed by atoms with E-state index in [0.29, 0.717) is 19.4 Å². The first kappa shape index (κ1) is 13.0. The maximum atomic E-state index is 11.2. The Morgan fingerprint density at radius 1 is 1.57 bits per heavy atom. The average Bonchev–Trinajstić information content (AvgIpc) is 2.04. The highest BCUT2D eigenvalue weighted by Crippen LogP contribution is 2.32. The lowest BCUT2D eigenvalue weighted by atomic mass is 9.76. The van der Waals surface area contributed by atoms with Crippen LogP contribution >= 0.6 is 0 Å². The SMILES string of the molecule is CCOC(=O)CC(C)C(C)(C)CC#N. The van der Waals surface area contributed by atoms with E-state index in [1.165, 1.54) is 0 Å². The van der Waals surface area contributed by atoms with Crippen LogP contribution in [-0.2, 0) is 9.53 Å². The van der Waals surface area contributed by atoms with Gasteiger partial charge in [-0.25, -0.2) is 0 Å². The van der Waals surface area contributed by atoms with Gasteiger partial charge in [-0.2, -0.15) is 5.26 Å². The molecule has 0 radical (unpaired) electrons. The van der Waals surface area contributed by atoms with Gasteiger partial charge in [0.2, 0.25) is 0 Å². The van der Waals surface area contributed by atoms with Crippen molar-refractivity contribution in [2.45, 2.75) is 40.5 Å². The summed E-state index contributed by atoms with van der Waals surface area (Å²) in [7, 11) is 0. The molecule has 0 spiro atoms. The fourth-order valence-electron chi connectivity index (χ4n) is 1.12. The van der Waals surface area contributed by atoms with Gasteiger partial charge in [-0.3, -0.25) is 4.79 Å². The molecule has 80 valence electrons. The van der Waals surface area contributed by atoms with E-state index in [1.807, 2.05) is 20.8 Å². The minimum absolute atomic E-state index is 0.124. The summed E-state index contributed by atoms with van der Waals surface area (Å²) in [5.74, 6) is -0.00721. The second kappa shape index (κ2) is 5.64. The molecule has 1 unspecified atom stereocenters. The first-order chi connectivity index (χ1) is 6.44. The third kappa shape index (κ3) is 4.27. The summed E-state index contributed by atoms with van der Waals surface area (Å²) >= 11 is 0. The fourth-order valence-corrected chi connectivity index (χ4v) is 1.12. The molecule has 0 aliphatic carbocycles. The van der Waals surface area contributed by atoms with Crippen molar-refractivity contribution >= 4 is 5.97 Å². The molecule has 0 aromatic heterocycles. The number of nitrogens with zero attached hydrogens (tertiary/aromatic N) is 1. The predicted molar refractivity (Wildman–Crippen MR) is 54.4 cm³/mol. The molecule has 0 aromatic carbocycles. The lowest BCUT2D eigenvalue weighted by molar-refractivity contribution is -0.145. The van der Waals surface area contributed by atoms with E-state index in [9.17, 15) is 4.79 Å². The molecule has 0 bridgehead atoms. The number of carbonyl (C=O) groups is 1. The summed E-state index contributed by atoms with van der Waals surface area (Å²) in [5, 5.41) is 8.62. The van der Waals surface area contributed by atoms with Gasteiger partial charge in [0.05, 0.1) is 12.7 Å². The Hall–Kier alpha value is -1.04. The summed E-state index contributed by atoms with van der Waals surface area (Å²) in [6.07, 6.45) is 0.857. The summed E-state index contributed by atoms with van der Waals surface area (Å²) in [6.45, 7) is 8.20. The Bertz CT molecular complexity index is 228. The van der Waals surface area contributed by atoms with E-state index in [2.05, 4.69) is 6.07 Å². The van der Waals surface area contributed by atoms with Gasteiger partial charge in [-0.05, 0) is 18.3 Å². The molecule has 0 aliphatic heterocycles. The van der Waals surface area contributed by atoms with Crippen LogP contribution in [0.15, 0.2) is 0 Å². The van der Waals surface area contributed by atoms with Crippen molar-refractivity contribution in [3.05, 3.63) is 0 Å². The van der Waals surface area contributed by atoms with Crippen molar-refractivity contribution in [1.29, 1.82) is 5.26 Å². The normalized spacial score (nSPS) is 13.1. The minimum atomic E-state index is -0.175. The van der Waals surface area contributed by atoms with Crippen molar-refractivity contribution in [2.24, 2.45) is 11.3 Å². The number of esters is 1. The van der Waals surface area contributed by atoms with Gasteiger partial charge in [0.1, 0.15) is 0 Å². The lowest BCUT2D eigenvalue weighted by Gasteiger charge is -2.28. The molecule has 14 heavy (non-hydrogen) atoms. The Labute approximate surface area is 86.1 Å². The molecule has 0 aromatic rings. The van der Waals surface area contributed by atoms with Crippen LogP contribution in [-0.4, -0.2) is 12.6 Å². The molecule has 3 heteroatoms. The van der Waals surface area contributed by atoms with Gasteiger partial charge in [0.25, 0.3) is 0 Å². The minimum Gasteiger partial charge on any atom is -0.466 e. The zero-order valence-corrected chi connectivity index (χ0v) is 9.46. The number of carbonyl (C=O) groups excluding carboxylic acids is 1. The zero-order valence-electron chi connectivity index (χ0n) is 9.46. The Balaban J connectivity index is 4.13. The largest absolute Gasteiger partial charge is 0.466 e. The van der Waals surface area contributed by atoms with Crippen LogP contribution in [0, 0.1) is 22.7 Å². The average molecular weight is 197 g/mol. The van der Waals surface area contributed by atoms with Crippen LogP contribution in [0.1, 0.15) is 40.5 Å². The molecule has 0 saturated carbocycles. The molecule has 0 N–H and O–H groups in total. The molecule has 1 atom stereocenters. The second-order valence-corrected chi connectivity index (χ2v) is 4.23. The molecular weight excluding hydrogens is 178 g/mol. The van der Waals surface area contributed by atoms with E-state index in [0.717, 1.165) is 0 Å². The maximum Gasteiger partial charge on any atom is 0.306 e. The number of nitriles is 1. The summed E-state index contributed by atoms with van der Waals surface area (Å²) in [4.78, 5) is 11.2. The molecular formula is C11H19NO2. The van der Waals surface area contributed by atoms with Gasteiger partial charge < -0.3 is 4.74 Å². The van der Waals surface area contributed by atoms with Crippen LogP contribution in [0.5, 0.6) is 0 Å². The van der Waals surface area contributed by atoms with E-state index in [1.54, 1.807) is 6.92 Å². The number of hydrogen-bond donors (Lipinski definition) is 0. The van der Waals surface area contributed by atoms with Crippen molar-refractivity contribution in [1.82, 2.24) is 0 Å². The highest BCUT2D eigenvalue weighted by molar-refractivity contribution is 5.69. The maximum absolute atomic E-state index is 11.2. The van der Waals surface area contributed by atoms with Crippen LogP contribution in [0.3, 0.4) is 0 Å². The number of rotatable bonds is 5. The lowest BCUT2D eigenvalue weighted by Crippen LogP contribution is -2.24. The Kier molecular flexibility index (Phi) is 5.22. The third-order valence-corrected chi connectivity index (χ3v) is 2.65. The Morgan fingerprint density at radius 3 is 2.57 bits per heavy atom. The van der Waals surface area contributed by atoms with E-state index in [4.69, 9.17) is 10.00 Å². The molecule has 0 aliphatic rings. The summed E-state index contributed by atoms with van der Waals surface area (Å²) in [5.41, 5.74) is -0.124. The standard InChI is InChI=1S/C11H19NO2/c1-5-14-10(13)8-9(2)11(3,4)6-7-12/h9H,5-6,8H2,1-4H3. The quantitative estimate of drug-likeness (QED) is 0.636. The van der Waals surface area contributed by atoms with Gasteiger partial charge in [-0.1, -0.05) is 20.8 Å². The van der Waals surface area contributed by atoms with Crippen LogP contribution in [0.25, 0.3) is 0 Å². The van der Waals surface area contributed by atoms with Crippen LogP contribution in [0.4, 0.5) is 0 Å². The smallest absolute Gasteiger partial charge is 0.306 e. The topological polar surface area (TPSA) is 50.1 Å². The van der Waals surface area contributed by atoms with Crippen LogP contribution in [0.2, 0.25) is 0 Å². The molecule has 0 rings (SSSR count). The molecule has 0 heterocycles. The zero-order chi connectivity index (χ0) is 11.2. The van der Waals surface area contributed by atoms with Crippen molar-refractivity contribution in [3.63, 3.8) is 0 Å². The molecule has 0 fully saturated rings. The second-order valence-electron chi connectivity index (χ2n) is 4.23. The number of hydrogen-bond acceptors (Lipinski definition) is 3. The molecule has 0 amide bonds. The first-order valence-electron chi connectivity index (χ1n) is 4.96. The van der Waals surface area contributed by atoms with Gasteiger partial charge in [-0.15, -0.1) is 0 Å². The van der Waals surface area contributed by atoms with Gasteiger partial charge in [0.15, 0.2) is 0 Å². The highest BCUT2D eigenvalue weighted by Gasteiger charge is 2.27. The molecule has 0 saturated heterocycles. The highest BCUT2D eigenvalue weighted by atomic mass is 16.5. The van der Waals surface area contributed by atoms with Gasteiger partial charge in [0, 0.05) is 12.8 Å². The summed E-state index contributed by atoms with van der Waals surface area (Å²) < 4.78 is 4.86. The molecule has 3 nitrogen and oxygen atoms in total. The van der Waals surface area contributed by atoms with Crippen LogP contribution < -0.4 is 0 Å².